The summed E-state index contributed by atoms with van der Waals surface area (Å²) in [4.78, 5) is 25.5. The summed E-state index contributed by atoms with van der Waals surface area (Å²) < 4.78 is 6.40. The molecule has 136 valence electrons. The maximum atomic E-state index is 12.5. The minimum Gasteiger partial charge on any atom is -0.448 e. The molecule has 0 saturated heterocycles. The third kappa shape index (κ3) is 3.58. The largest absolute Gasteiger partial charge is 0.448 e. The Hall–Kier alpha value is -2.39. The minimum absolute atomic E-state index is 0.416. The summed E-state index contributed by atoms with van der Waals surface area (Å²) in [6, 6.07) is 10.0. The molecule has 0 bridgehead atoms. The van der Waals surface area contributed by atoms with Crippen molar-refractivity contribution in [2.24, 2.45) is 0 Å². The van der Waals surface area contributed by atoms with Crippen LogP contribution in [0.25, 0.3) is 10.1 Å². The average molecular weight is 370 g/mol. The normalized spacial score (nSPS) is 17.3. The lowest BCUT2D eigenvalue weighted by Crippen LogP contribution is -2.52. The number of fused-ring (bicyclic) bond motifs is 1. The molecule has 0 unspecified atom stereocenters. The van der Waals surface area contributed by atoms with E-state index >= 15 is 0 Å². The van der Waals surface area contributed by atoms with E-state index in [1.807, 2.05) is 31.2 Å². The van der Waals surface area contributed by atoms with E-state index in [0.717, 1.165) is 34.9 Å². The van der Waals surface area contributed by atoms with Crippen molar-refractivity contribution in [2.45, 2.75) is 57.6 Å². The van der Waals surface area contributed by atoms with Gasteiger partial charge in [0.25, 0.3) is 5.91 Å². The summed E-state index contributed by atoms with van der Waals surface area (Å²) in [7, 11) is 0. The van der Waals surface area contributed by atoms with E-state index in [4.69, 9.17) is 4.74 Å². The van der Waals surface area contributed by atoms with Crippen LogP contribution in [-0.4, -0.2) is 23.5 Å². The SMILES string of the molecule is Cc1c(C(=O)O[C@@H](C)C(=O)NC2(C#N)CCCCC2)sc2ccccc12. The fourth-order valence-electron chi connectivity index (χ4n) is 3.39. The lowest BCUT2D eigenvalue weighted by molar-refractivity contribution is -0.130. The molecule has 0 spiro atoms. The highest BCUT2D eigenvalue weighted by atomic mass is 32.1. The molecule has 26 heavy (non-hydrogen) atoms. The molecule has 1 aliphatic carbocycles. The van der Waals surface area contributed by atoms with Crippen LogP contribution in [0, 0.1) is 18.3 Å². The molecular formula is C20H22N2O3S. The molecule has 5 nitrogen and oxygen atoms in total. The second kappa shape index (κ2) is 7.46. The van der Waals surface area contributed by atoms with Gasteiger partial charge >= 0.3 is 5.97 Å². The Kier molecular flexibility index (Phi) is 5.28. The highest BCUT2D eigenvalue weighted by Gasteiger charge is 2.35. The Morgan fingerprint density at radius 1 is 1.27 bits per heavy atom. The molecule has 1 heterocycles. The molecule has 1 aromatic carbocycles. The van der Waals surface area contributed by atoms with Gasteiger partial charge in [-0.1, -0.05) is 37.5 Å². The van der Waals surface area contributed by atoms with Gasteiger partial charge in [-0.25, -0.2) is 4.79 Å². The topological polar surface area (TPSA) is 79.2 Å². The van der Waals surface area contributed by atoms with Crippen LogP contribution < -0.4 is 5.32 Å². The fraction of sp³-hybridized carbons (Fsp3) is 0.450. The van der Waals surface area contributed by atoms with Crippen molar-refractivity contribution in [3.8, 4) is 6.07 Å². The number of carbonyl (C=O) groups is 2. The van der Waals surface area contributed by atoms with E-state index in [1.54, 1.807) is 6.92 Å². The average Bonchev–Trinajstić information content (AvgIpc) is 2.99. The number of aryl methyl sites for hydroxylation is 1. The summed E-state index contributed by atoms with van der Waals surface area (Å²) >= 11 is 1.37. The summed E-state index contributed by atoms with van der Waals surface area (Å²) in [6.07, 6.45) is 3.26. The van der Waals surface area contributed by atoms with E-state index < -0.39 is 23.5 Å². The number of nitrogens with one attached hydrogen (secondary N) is 1. The number of nitrogens with zero attached hydrogens (tertiary/aromatic N) is 1. The van der Waals surface area contributed by atoms with Crippen LogP contribution in [0.2, 0.25) is 0 Å². The molecule has 0 radical (unpaired) electrons. The molecule has 2 aromatic rings. The van der Waals surface area contributed by atoms with Crippen molar-refractivity contribution in [3.05, 3.63) is 34.7 Å². The Balaban J connectivity index is 1.69. The number of thiophene rings is 1. The van der Waals surface area contributed by atoms with Crippen LogP contribution >= 0.6 is 11.3 Å². The van der Waals surface area contributed by atoms with Gasteiger partial charge in [0.1, 0.15) is 10.4 Å². The molecule has 1 aromatic heterocycles. The highest BCUT2D eigenvalue weighted by Crippen LogP contribution is 2.31. The van der Waals surface area contributed by atoms with Gasteiger partial charge in [-0.05, 0) is 43.7 Å². The molecule has 0 aliphatic heterocycles. The van der Waals surface area contributed by atoms with E-state index in [1.165, 1.54) is 11.3 Å². The molecular weight excluding hydrogens is 348 g/mol. The van der Waals surface area contributed by atoms with Gasteiger partial charge in [0.15, 0.2) is 6.10 Å². The first-order valence-electron chi connectivity index (χ1n) is 8.88. The van der Waals surface area contributed by atoms with Gasteiger partial charge in [-0.15, -0.1) is 11.3 Å². The summed E-state index contributed by atoms with van der Waals surface area (Å²) in [5.74, 6) is -0.915. The Labute approximate surface area is 157 Å². The number of amides is 1. The third-order valence-corrected chi connectivity index (χ3v) is 6.22. The molecule has 1 atom stereocenters. The van der Waals surface area contributed by atoms with E-state index in [0.29, 0.717) is 17.7 Å². The number of nitriles is 1. The number of benzene rings is 1. The lowest BCUT2D eigenvalue weighted by Gasteiger charge is -2.32. The van der Waals surface area contributed by atoms with Crippen molar-refractivity contribution in [1.82, 2.24) is 5.32 Å². The molecule has 1 saturated carbocycles. The minimum atomic E-state index is -0.945. The van der Waals surface area contributed by atoms with Crippen LogP contribution in [0.15, 0.2) is 24.3 Å². The Morgan fingerprint density at radius 2 is 1.96 bits per heavy atom. The van der Waals surface area contributed by atoms with Gasteiger partial charge in [-0.2, -0.15) is 5.26 Å². The summed E-state index contributed by atoms with van der Waals surface area (Å²) in [6.45, 7) is 3.43. The highest BCUT2D eigenvalue weighted by molar-refractivity contribution is 7.21. The number of ether oxygens (including phenoxy) is 1. The molecule has 1 fully saturated rings. The molecule has 6 heteroatoms. The van der Waals surface area contributed by atoms with Crippen LogP contribution in [0.5, 0.6) is 0 Å². The predicted molar refractivity (Wildman–Crippen MR) is 101 cm³/mol. The zero-order chi connectivity index (χ0) is 18.7. The van der Waals surface area contributed by atoms with Crippen molar-refractivity contribution < 1.29 is 14.3 Å². The Morgan fingerprint density at radius 3 is 2.62 bits per heavy atom. The maximum Gasteiger partial charge on any atom is 0.349 e. The first kappa shape index (κ1) is 18.4. The van der Waals surface area contributed by atoms with Crippen LogP contribution in [0.3, 0.4) is 0 Å². The van der Waals surface area contributed by atoms with Crippen molar-refractivity contribution in [2.75, 3.05) is 0 Å². The number of esters is 1. The zero-order valence-electron chi connectivity index (χ0n) is 15.0. The van der Waals surface area contributed by atoms with Crippen LogP contribution in [0.4, 0.5) is 0 Å². The van der Waals surface area contributed by atoms with Crippen LogP contribution in [-0.2, 0) is 9.53 Å². The number of hydrogen-bond donors (Lipinski definition) is 1. The third-order valence-electron chi connectivity index (χ3n) is 4.97. The first-order chi connectivity index (χ1) is 12.5. The zero-order valence-corrected chi connectivity index (χ0v) is 15.8. The summed E-state index contributed by atoms with van der Waals surface area (Å²) in [5, 5.41) is 13.3. The van der Waals surface area contributed by atoms with Gasteiger partial charge in [0.05, 0.1) is 6.07 Å². The second-order valence-electron chi connectivity index (χ2n) is 6.84. The summed E-state index contributed by atoms with van der Waals surface area (Å²) in [5.41, 5.74) is 0.0350. The fourth-order valence-corrected chi connectivity index (χ4v) is 4.49. The van der Waals surface area contributed by atoms with Crippen LogP contribution in [0.1, 0.15) is 54.3 Å². The molecule has 3 rings (SSSR count). The number of rotatable bonds is 4. The van der Waals surface area contributed by atoms with Crippen molar-refractivity contribution in [3.63, 3.8) is 0 Å². The van der Waals surface area contributed by atoms with E-state index in [2.05, 4.69) is 11.4 Å². The predicted octanol–water partition coefficient (Wildman–Crippen LogP) is 4.10. The standard InChI is InChI=1S/C20H22N2O3S/c1-13-15-8-4-5-9-16(15)26-17(13)19(24)25-14(2)18(23)22-20(12-21)10-6-3-7-11-20/h4-5,8-9,14H,3,6-7,10-11H2,1-2H3,(H,22,23)/t14-/m0/s1. The molecule has 1 amide bonds. The van der Waals surface area contributed by atoms with Crippen molar-refractivity contribution >= 4 is 33.3 Å². The Bertz CT molecular complexity index is 875. The van der Waals surface area contributed by atoms with Gasteiger partial charge in [0, 0.05) is 4.70 Å². The molecule has 1 aliphatic rings. The van der Waals surface area contributed by atoms with Crippen molar-refractivity contribution in [1.29, 1.82) is 5.26 Å². The number of carbonyl (C=O) groups excluding carboxylic acids is 2. The first-order valence-corrected chi connectivity index (χ1v) is 9.70. The number of hydrogen-bond acceptors (Lipinski definition) is 5. The quantitative estimate of drug-likeness (QED) is 0.822. The van der Waals surface area contributed by atoms with Gasteiger partial charge in [0.2, 0.25) is 0 Å². The van der Waals surface area contributed by atoms with Gasteiger partial charge < -0.3 is 10.1 Å². The molecule has 1 N–H and O–H groups in total. The maximum absolute atomic E-state index is 12.5. The second-order valence-corrected chi connectivity index (χ2v) is 7.90. The lowest BCUT2D eigenvalue weighted by atomic mass is 9.83. The van der Waals surface area contributed by atoms with Gasteiger partial charge in [-0.3, -0.25) is 4.79 Å². The smallest absolute Gasteiger partial charge is 0.349 e. The monoisotopic (exact) mass is 370 g/mol. The van der Waals surface area contributed by atoms with E-state index in [-0.39, 0.29) is 0 Å². The van der Waals surface area contributed by atoms with E-state index in [9.17, 15) is 14.9 Å².